The molecule has 0 aliphatic heterocycles. The monoisotopic (exact) mass is 317 g/mol. The molecule has 0 bridgehead atoms. The standard InChI is InChI=1S/C14H17Cl2NO3/c1-8(13(19)20-14(2,3)4)17-12(18)11-9(15)6-5-7-10(11)16/h5-8H,1-4H3,(H,17,18)/t8-/m1/s1. The fourth-order valence-electron chi connectivity index (χ4n) is 1.43. The molecule has 1 amide bonds. The Balaban J connectivity index is 2.78. The molecule has 1 rings (SSSR count). The Kier molecular flexibility index (Phi) is 5.42. The van der Waals surface area contributed by atoms with E-state index in [1.807, 2.05) is 0 Å². The summed E-state index contributed by atoms with van der Waals surface area (Å²) in [6.07, 6.45) is 0. The topological polar surface area (TPSA) is 55.4 Å². The predicted molar refractivity (Wildman–Crippen MR) is 79.2 cm³/mol. The Morgan fingerprint density at radius 1 is 1.20 bits per heavy atom. The van der Waals surface area contributed by atoms with E-state index in [-0.39, 0.29) is 15.6 Å². The number of amides is 1. The van der Waals surface area contributed by atoms with Crippen molar-refractivity contribution in [1.82, 2.24) is 5.32 Å². The van der Waals surface area contributed by atoms with E-state index in [0.29, 0.717) is 0 Å². The van der Waals surface area contributed by atoms with Gasteiger partial charge in [0.2, 0.25) is 0 Å². The Hall–Kier alpha value is -1.26. The van der Waals surface area contributed by atoms with Crippen LogP contribution in [0, 0.1) is 0 Å². The highest BCUT2D eigenvalue weighted by atomic mass is 35.5. The molecule has 0 radical (unpaired) electrons. The minimum Gasteiger partial charge on any atom is -0.458 e. The van der Waals surface area contributed by atoms with Crippen molar-refractivity contribution in [3.8, 4) is 0 Å². The average molecular weight is 318 g/mol. The Morgan fingerprint density at radius 2 is 1.70 bits per heavy atom. The molecule has 4 nitrogen and oxygen atoms in total. The number of esters is 1. The number of ether oxygens (including phenoxy) is 1. The molecule has 0 spiro atoms. The van der Waals surface area contributed by atoms with Crippen LogP contribution < -0.4 is 5.32 Å². The summed E-state index contributed by atoms with van der Waals surface area (Å²) in [5.41, 5.74) is -0.468. The summed E-state index contributed by atoms with van der Waals surface area (Å²) in [6, 6.07) is 3.95. The fraction of sp³-hybridized carbons (Fsp3) is 0.429. The van der Waals surface area contributed by atoms with Crippen LogP contribution in [0.15, 0.2) is 18.2 Å². The first-order valence-corrected chi connectivity index (χ1v) is 6.85. The number of hydrogen-bond acceptors (Lipinski definition) is 3. The molecule has 0 fully saturated rings. The molecule has 1 aromatic carbocycles. The molecule has 0 saturated carbocycles. The van der Waals surface area contributed by atoms with Gasteiger partial charge in [0.25, 0.3) is 5.91 Å². The van der Waals surface area contributed by atoms with Gasteiger partial charge in [0, 0.05) is 0 Å². The van der Waals surface area contributed by atoms with Crippen LogP contribution in [0.2, 0.25) is 10.0 Å². The number of halogens is 2. The lowest BCUT2D eigenvalue weighted by Gasteiger charge is -2.22. The van der Waals surface area contributed by atoms with Gasteiger partial charge in [0.1, 0.15) is 11.6 Å². The lowest BCUT2D eigenvalue weighted by Crippen LogP contribution is -2.42. The molecule has 0 aromatic heterocycles. The van der Waals surface area contributed by atoms with Crippen LogP contribution in [0.5, 0.6) is 0 Å². The molecule has 0 saturated heterocycles. The lowest BCUT2D eigenvalue weighted by molar-refractivity contribution is -0.156. The first-order valence-electron chi connectivity index (χ1n) is 6.09. The molecule has 0 aliphatic rings. The average Bonchev–Trinajstić information content (AvgIpc) is 2.26. The zero-order valence-corrected chi connectivity index (χ0v) is 13.3. The summed E-state index contributed by atoms with van der Waals surface area (Å²) in [5, 5.41) is 2.97. The van der Waals surface area contributed by atoms with E-state index in [1.165, 1.54) is 6.92 Å². The summed E-state index contributed by atoms with van der Waals surface area (Å²) in [6.45, 7) is 6.80. The second-order valence-electron chi connectivity index (χ2n) is 5.33. The minimum absolute atomic E-state index is 0.145. The number of hydrogen-bond donors (Lipinski definition) is 1. The maximum atomic E-state index is 12.1. The first-order chi connectivity index (χ1) is 9.11. The van der Waals surface area contributed by atoms with E-state index in [9.17, 15) is 9.59 Å². The zero-order valence-electron chi connectivity index (χ0n) is 11.8. The fourth-order valence-corrected chi connectivity index (χ4v) is 2.00. The molecule has 1 atom stereocenters. The number of carbonyl (C=O) groups is 2. The Bertz CT molecular complexity index is 503. The number of carbonyl (C=O) groups excluding carboxylic acids is 2. The molecular formula is C14H17Cl2NO3. The van der Waals surface area contributed by atoms with Gasteiger partial charge < -0.3 is 10.1 Å². The third-order valence-electron chi connectivity index (χ3n) is 2.30. The van der Waals surface area contributed by atoms with Crippen LogP contribution >= 0.6 is 23.2 Å². The van der Waals surface area contributed by atoms with Crippen molar-refractivity contribution >= 4 is 35.1 Å². The van der Waals surface area contributed by atoms with Crippen LogP contribution in [-0.2, 0) is 9.53 Å². The van der Waals surface area contributed by atoms with E-state index in [4.69, 9.17) is 27.9 Å². The highest BCUT2D eigenvalue weighted by molar-refractivity contribution is 6.39. The van der Waals surface area contributed by atoms with Crippen molar-refractivity contribution < 1.29 is 14.3 Å². The van der Waals surface area contributed by atoms with Crippen molar-refractivity contribution in [3.63, 3.8) is 0 Å². The molecule has 1 N–H and O–H groups in total. The van der Waals surface area contributed by atoms with E-state index in [1.54, 1.807) is 39.0 Å². The normalized spacial score (nSPS) is 12.7. The van der Waals surface area contributed by atoms with Gasteiger partial charge in [-0.15, -0.1) is 0 Å². The highest BCUT2D eigenvalue weighted by Gasteiger charge is 2.24. The van der Waals surface area contributed by atoms with Gasteiger partial charge in [-0.1, -0.05) is 29.3 Å². The summed E-state index contributed by atoms with van der Waals surface area (Å²) in [5.74, 6) is -1.03. The third kappa shape index (κ3) is 4.69. The Labute approximate surface area is 128 Å². The maximum absolute atomic E-state index is 12.1. The SMILES string of the molecule is C[C@@H](NC(=O)c1c(Cl)cccc1Cl)C(=O)OC(C)(C)C. The number of rotatable bonds is 3. The van der Waals surface area contributed by atoms with Crippen LogP contribution in [-0.4, -0.2) is 23.5 Å². The molecule has 1 aromatic rings. The van der Waals surface area contributed by atoms with Gasteiger partial charge in [0.05, 0.1) is 15.6 Å². The zero-order chi connectivity index (χ0) is 15.5. The van der Waals surface area contributed by atoms with Crippen molar-refractivity contribution in [2.45, 2.75) is 39.3 Å². The second-order valence-corrected chi connectivity index (χ2v) is 6.14. The van der Waals surface area contributed by atoms with Gasteiger partial charge in [-0.05, 0) is 39.8 Å². The van der Waals surface area contributed by atoms with Crippen LogP contribution in [0.1, 0.15) is 38.1 Å². The van der Waals surface area contributed by atoms with E-state index < -0.39 is 23.5 Å². The summed E-state index contributed by atoms with van der Waals surface area (Å²) in [4.78, 5) is 23.9. The molecule has 20 heavy (non-hydrogen) atoms. The van der Waals surface area contributed by atoms with E-state index in [2.05, 4.69) is 5.32 Å². The van der Waals surface area contributed by atoms with Gasteiger partial charge in [0.15, 0.2) is 0 Å². The quantitative estimate of drug-likeness (QED) is 0.869. The van der Waals surface area contributed by atoms with E-state index in [0.717, 1.165) is 0 Å². The second kappa shape index (κ2) is 6.46. The summed E-state index contributed by atoms with van der Waals surface area (Å²) >= 11 is 11.9. The van der Waals surface area contributed by atoms with Crippen molar-refractivity contribution in [2.75, 3.05) is 0 Å². The molecule has 6 heteroatoms. The smallest absolute Gasteiger partial charge is 0.328 e. The van der Waals surface area contributed by atoms with E-state index >= 15 is 0 Å². The molecule has 0 aliphatic carbocycles. The van der Waals surface area contributed by atoms with Crippen molar-refractivity contribution in [3.05, 3.63) is 33.8 Å². The van der Waals surface area contributed by atoms with Crippen LogP contribution in [0.4, 0.5) is 0 Å². The molecular weight excluding hydrogens is 301 g/mol. The first kappa shape index (κ1) is 16.8. The van der Waals surface area contributed by atoms with Gasteiger partial charge in [-0.25, -0.2) is 4.79 Å². The summed E-state index contributed by atoms with van der Waals surface area (Å²) < 4.78 is 5.18. The van der Waals surface area contributed by atoms with Gasteiger partial charge in [-0.2, -0.15) is 0 Å². The predicted octanol–water partition coefficient (Wildman–Crippen LogP) is 3.45. The van der Waals surface area contributed by atoms with Crippen LogP contribution in [0.3, 0.4) is 0 Å². The third-order valence-corrected chi connectivity index (χ3v) is 2.93. The van der Waals surface area contributed by atoms with Gasteiger partial charge >= 0.3 is 5.97 Å². The van der Waals surface area contributed by atoms with Crippen molar-refractivity contribution in [1.29, 1.82) is 0 Å². The molecule has 0 heterocycles. The largest absolute Gasteiger partial charge is 0.458 e. The molecule has 0 unspecified atom stereocenters. The highest BCUT2D eigenvalue weighted by Crippen LogP contribution is 2.24. The number of benzene rings is 1. The van der Waals surface area contributed by atoms with Gasteiger partial charge in [-0.3, -0.25) is 4.79 Å². The minimum atomic E-state index is -0.797. The summed E-state index contributed by atoms with van der Waals surface area (Å²) in [7, 11) is 0. The van der Waals surface area contributed by atoms with Crippen LogP contribution in [0.25, 0.3) is 0 Å². The molecule has 110 valence electrons. The lowest BCUT2D eigenvalue weighted by atomic mass is 10.1. The Morgan fingerprint density at radius 3 is 2.15 bits per heavy atom. The maximum Gasteiger partial charge on any atom is 0.328 e. The number of nitrogens with one attached hydrogen (secondary N) is 1. The van der Waals surface area contributed by atoms with Crippen molar-refractivity contribution in [2.24, 2.45) is 0 Å².